The molecule has 4 saturated carbocycles. The van der Waals surface area contributed by atoms with Gasteiger partial charge in [0.1, 0.15) is 5.52 Å². The fourth-order valence-electron chi connectivity index (χ4n) is 10.2. The number of halogens is 3. The van der Waals surface area contributed by atoms with Gasteiger partial charge in [-0.2, -0.15) is 5.26 Å². The van der Waals surface area contributed by atoms with Gasteiger partial charge in [0.15, 0.2) is 5.82 Å². The van der Waals surface area contributed by atoms with Crippen molar-refractivity contribution in [2.75, 3.05) is 6.54 Å². The highest BCUT2D eigenvalue weighted by atomic mass is 35.5. The standard InChI is InChI=1S/C37H34Cl2FN5O/c1-16-21-13-29(36-24-14-28(23-12-22(23)24)45(36)37(46)17-7-8-17)44(34-19-11-27(34)42-15-19)35(21)25-10-18(4-3-9-41)30(32(40)33(25)43-16)20-5-2-6-26(38)31(20)39/h2,5-6,10,13,17,19,22-24,27-28,34,36,42H,3-4,7-8,11-12,14-15H2,1H3. The lowest BCUT2D eigenvalue weighted by molar-refractivity contribution is -0.137. The van der Waals surface area contributed by atoms with Gasteiger partial charge >= 0.3 is 0 Å². The van der Waals surface area contributed by atoms with Crippen LogP contribution >= 0.6 is 23.2 Å². The summed E-state index contributed by atoms with van der Waals surface area (Å²) in [5.74, 6) is 2.44. The Hall–Kier alpha value is -3.18. The van der Waals surface area contributed by atoms with Crippen molar-refractivity contribution in [1.82, 2.24) is 19.8 Å². The van der Waals surface area contributed by atoms with Crippen LogP contribution in [0.15, 0.2) is 30.3 Å². The Bertz CT molecular complexity index is 2050. The van der Waals surface area contributed by atoms with Gasteiger partial charge in [-0.25, -0.2) is 9.37 Å². The zero-order valence-corrected chi connectivity index (χ0v) is 27.1. The summed E-state index contributed by atoms with van der Waals surface area (Å²) in [7, 11) is 0. The molecule has 7 fully saturated rings. The minimum Gasteiger partial charge on any atom is -0.337 e. The number of likely N-dealkylation sites (tertiary alicyclic amines) is 1. The van der Waals surface area contributed by atoms with E-state index < -0.39 is 5.82 Å². The van der Waals surface area contributed by atoms with Crippen LogP contribution in [0.5, 0.6) is 0 Å². The summed E-state index contributed by atoms with van der Waals surface area (Å²) in [6.45, 7) is 2.95. The number of nitrogens with zero attached hydrogens (tertiary/aromatic N) is 4. The summed E-state index contributed by atoms with van der Waals surface area (Å²) < 4.78 is 19.6. The fraction of sp³-hybridized carbons (Fsp3) is 0.486. The molecule has 11 rings (SSSR count). The average molecular weight is 655 g/mol. The van der Waals surface area contributed by atoms with Crippen LogP contribution in [0.1, 0.15) is 67.6 Å². The molecule has 5 heterocycles. The van der Waals surface area contributed by atoms with Crippen molar-refractivity contribution in [1.29, 1.82) is 5.26 Å². The third-order valence-electron chi connectivity index (χ3n) is 12.4. The smallest absolute Gasteiger partial charge is 0.226 e. The van der Waals surface area contributed by atoms with Gasteiger partial charge in [-0.05, 0) is 92.9 Å². The van der Waals surface area contributed by atoms with E-state index in [0.29, 0.717) is 69.7 Å². The van der Waals surface area contributed by atoms with Crippen LogP contribution in [0.2, 0.25) is 10.0 Å². The number of carbonyl (C=O) groups excluding carboxylic acids is 1. The molecule has 0 spiro atoms. The van der Waals surface area contributed by atoms with E-state index in [0.717, 1.165) is 59.8 Å². The van der Waals surface area contributed by atoms with Crippen molar-refractivity contribution in [3.63, 3.8) is 0 Å². The summed E-state index contributed by atoms with van der Waals surface area (Å²) in [6, 6.07) is 12.9. The Balaban J connectivity index is 1.25. The van der Waals surface area contributed by atoms with Gasteiger partial charge in [0.2, 0.25) is 5.91 Å². The predicted molar refractivity (Wildman–Crippen MR) is 176 cm³/mol. The van der Waals surface area contributed by atoms with Crippen LogP contribution in [0.3, 0.4) is 0 Å². The van der Waals surface area contributed by atoms with Gasteiger partial charge in [-0.1, -0.05) is 35.3 Å². The van der Waals surface area contributed by atoms with Gasteiger partial charge in [-0.3, -0.25) is 4.79 Å². The van der Waals surface area contributed by atoms with Crippen molar-refractivity contribution < 1.29 is 9.18 Å². The molecular formula is C37H34Cl2FN5O. The van der Waals surface area contributed by atoms with E-state index in [2.05, 4.69) is 33.0 Å². The number of amides is 1. The first-order chi connectivity index (χ1) is 22.4. The SMILES string of the molecule is Cc1nc2c(F)c(-c3cccc(Cl)c3Cl)c(CCC#N)cc2c2c1cc(C1C3CC(C4CC43)N1C(=O)C1CC1)n2C1C2CNC1C2. The molecule has 8 unspecified atom stereocenters. The number of aryl methyl sites for hydroxylation is 2. The second-order valence-corrected chi connectivity index (χ2v) is 15.6. The molecule has 4 aromatic rings. The van der Waals surface area contributed by atoms with E-state index in [-0.39, 0.29) is 29.4 Å². The molecule has 1 amide bonds. The predicted octanol–water partition coefficient (Wildman–Crippen LogP) is 7.92. The van der Waals surface area contributed by atoms with E-state index in [1.807, 2.05) is 6.92 Å². The molecule has 6 nitrogen and oxygen atoms in total. The van der Waals surface area contributed by atoms with Crippen LogP contribution in [0.25, 0.3) is 32.9 Å². The van der Waals surface area contributed by atoms with E-state index in [1.54, 1.807) is 18.2 Å². The molecule has 7 aliphatic rings. The van der Waals surface area contributed by atoms with Crippen molar-refractivity contribution in [3.8, 4) is 17.2 Å². The van der Waals surface area contributed by atoms with E-state index >= 15 is 4.39 Å². The van der Waals surface area contributed by atoms with E-state index in [9.17, 15) is 10.1 Å². The zero-order valence-electron chi connectivity index (χ0n) is 25.6. The molecule has 1 N–H and O–H groups in total. The largest absolute Gasteiger partial charge is 0.337 e. The summed E-state index contributed by atoms with van der Waals surface area (Å²) >= 11 is 13.1. The van der Waals surface area contributed by atoms with Crippen molar-refractivity contribution in [2.45, 2.75) is 76.0 Å². The molecule has 0 radical (unpaired) electrons. The molecule has 4 bridgehead atoms. The van der Waals surface area contributed by atoms with Crippen molar-refractivity contribution in [2.24, 2.45) is 29.6 Å². The lowest BCUT2D eigenvalue weighted by atomic mass is 9.79. The Morgan fingerprint density at radius 3 is 2.72 bits per heavy atom. The Morgan fingerprint density at radius 1 is 1.13 bits per heavy atom. The van der Waals surface area contributed by atoms with Gasteiger partial charge in [0.05, 0.1) is 33.7 Å². The molecule has 2 aromatic heterocycles. The third kappa shape index (κ3) is 3.67. The summed E-state index contributed by atoms with van der Waals surface area (Å²) in [4.78, 5) is 21.2. The number of piperidine rings is 1. The van der Waals surface area contributed by atoms with Gasteiger partial charge in [0.25, 0.3) is 0 Å². The second-order valence-electron chi connectivity index (χ2n) is 14.8. The first-order valence-electron chi connectivity index (χ1n) is 16.9. The monoisotopic (exact) mass is 653 g/mol. The highest BCUT2D eigenvalue weighted by Gasteiger charge is 2.67. The van der Waals surface area contributed by atoms with E-state index in [4.69, 9.17) is 28.2 Å². The maximum absolute atomic E-state index is 17.1. The number of aromatic nitrogens is 2. The Morgan fingerprint density at radius 2 is 1.98 bits per heavy atom. The van der Waals surface area contributed by atoms with Crippen LogP contribution in [0, 0.1) is 53.7 Å². The molecule has 3 aliphatic heterocycles. The number of benzene rings is 2. The number of nitrogens with one attached hydrogen (secondary N) is 1. The minimum atomic E-state index is -0.435. The number of rotatable bonds is 6. The molecule has 46 heavy (non-hydrogen) atoms. The number of nitriles is 1. The number of carbonyl (C=O) groups is 1. The van der Waals surface area contributed by atoms with E-state index in [1.165, 1.54) is 12.1 Å². The average Bonchev–Trinajstić information content (AvgIpc) is 3.79. The second kappa shape index (κ2) is 9.69. The molecule has 4 aliphatic carbocycles. The minimum absolute atomic E-state index is 0.0520. The molecule has 2 aromatic carbocycles. The van der Waals surface area contributed by atoms with Crippen LogP contribution in [-0.4, -0.2) is 39.0 Å². The summed E-state index contributed by atoms with van der Waals surface area (Å²) in [5, 5.41) is 15.7. The lowest BCUT2D eigenvalue weighted by Gasteiger charge is -2.41. The third-order valence-corrected chi connectivity index (χ3v) is 13.2. The Labute approximate surface area is 276 Å². The molecule has 8 atom stereocenters. The maximum Gasteiger partial charge on any atom is 0.226 e. The Kier molecular flexibility index (Phi) is 5.87. The zero-order chi connectivity index (χ0) is 31.2. The van der Waals surface area contributed by atoms with Crippen LogP contribution in [0.4, 0.5) is 4.39 Å². The normalized spacial score (nSPS) is 31.8. The topological polar surface area (TPSA) is 74.0 Å². The first-order valence-corrected chi connectivity index (χ1v) is 17.6. The fourth-order valence-corrected chi connectivity index (χ4v) is 10.6. The van der Waals surface area contributed by atoms with Crippen molar-refractivity contribution >= 4 is 50.9 Å². The van der Waals surface area contributed by atoms with Gasteiger partial charge in [-0.15, -0.1) is 0 Å². The summed E-state index contributed by atoms with van der Waals surface area (Å²) in [5.41, 5.74) is 4.90. The number of fused-ring (bicyclic) bond motifs is 9. The summed E-state index contributed by atoms with van der Waals surface area (Å²) in [6.07, 6.45) is 6.10. The molecule has 9 heteroatoms. The molecule has 3 saturated heterocycles. The quantitative estimate of drug-likeness (QED) is 0.229. The highest BCUT2D eigenvalue weighted by Crippen LogP contribution is 2.68. The number of pyridine rings is 1. The van der Waals surface area contributed by atoms with Crippen LogP contribution in [-0.2, 0) is 11.2 Å². The lowest BCUT2D eigenvalue weighted by Crippen LogP contribution is -2.45. The number of hydrogen-bond acceptors (Lipinski definition) is 4. The van der Waals surface area contributed by atoms with Crippen LogP contribution < -0.4 is 5.32 Å². The first kappa shape index (κ1) is 27.9. The molecule has 234 valence electrons. The highest BCUT2D eigenvalue weighted by molar-refractivity contribution is 6.43. The van der Waals surface area contributed by atoms with Gasteiger partial charge in [0, 0.05) is 64.3 Å². The van der Waals surface area contributed by atoms with Crippen molar-refractivity contribution in [3.05, 3.63) is 63.1 Å². The number of hydrogen-bond donors (Lipinski definition) is 1. The molecular weight excluding hydrogens is 620 g/mol. The maximum atomic E-state index is 17.1. The van der Waals surface area contributed by atoms with Gasteiger partial charge < -0.3 is 14.8 Å².